The normalized spacial score (nSPS) is 10.4. The molecule has 0 fully saturated rings. The fraction of sp³-hybridized carbons (Fsp3) is 0. The van der Waals surface area contributed by atoms with E-state index in [0.29, 0.717) is 68.3 Å². The van der Waals surface area contributed by atoms with Crippen molar-refractivity contribution in [1.29, 1.82) is 0 Å². The summed E-state index contributed by atoms with van der Waals surface area (Å²) in [7, 11) is 0. The zero-order valence-corrected chi connectivity index (χ0v) is 76.1. The molecular formula is C90H54Cd2N28O12. The Labute approximate surface area is 782 Å². The van der Waals surface area contributed by atoms with Crippen molar-refractivity contribution in [3.05, 3.63) is 390 Å². The van der Waals surface area contributed by atoms with Crippen molar-refractivity contribution >= 4 is 64.6 Å². The van der Waals surface area contributed by atoms with Gasteiger partial charge in [0.15, 0.2) is 0 Å². The van der Waals surface area contributed by atoms with Gasteiger partial charge in [-0.3, -0.25) is 59.8 Å². The van der Waals surface area contributed by atoms with Gasteiger partial charge in [0, 0.05) is 139 Å². The molecule has 0 radical (unpaired) electrons. The van der Waals surface area contributed by atoms with Gasteiger partial charge >= 0.3 is 54.6 Å². The summed E-state index contributed by atoms with van der Waals surface area (Å²) in [6.45, 7) is 0. The Morgan fingerprint density at radius 3 is 0.280 bits per heavy atom. The van der Waals surface area contributed by atoms with Crippen LogP contribution in [0.15, 0.2) is 329 Å². The van der Waals surface area contributed by atoms with Crippen LogP contribution in [0.3, 0.4) is 0 Å². The van der Waals surface area contributed by atoms with Gasteiger partial charge in [-0.15, -0.1) is 61.2 Å². The van der Waals surface area contributed by atoms with E-state index in [1.54, 1.807) is 74.4 Å². The molecule has 0 aliphatic carbocycles. The molecule has 18 heterocycles. The van der Waals surface area contributed by atoms with Crippen LogP contribution in [-0.4, -0.2) is 141 Å². The Hall–Kier alpha value is -17.9. The third-order valence-corrected chi connectivity index (χ3v) is 18.9. The third kappa shape index (κ3) is 21.8. The molecule has 0 unspecified atom stereocenters. The maximum atomic E-state index is 8.25. The van der Waals surface area contributed by atoms with Crippen LogP contribution in [0, 0.1) is 61.3 Å². The number of pyridine rings is 12. The van der Waals surface area contributed by atoms with Crippen molar-refractivity contribution in [3.8, 4) is 137 Å². The monoisotopic (exact) mass is 1950 g/mol. The van der Waals surface area contributed by atoms with E-state index >= 15 is 0 Å². The first kappa shape index (κ1) is 91.8. The van der Waals surface area contributed by atoms with Crippen LogP contribution in [0.5, 0.6) is 0 Å². The summed E-state index contributed by atoms with van der Waals surface area (Å²) in [5.74, 6) is 0. The number of hydrogen-bond donors (Lipinski definition) is 0. The molecule has 0 aliphatic heterocycles. The van der Waals surface area contributed by atoms with Gasteiger partial charge < -0.3 is 61.3 Å². The molecule has 0 saturated heterocycles. The molecule has 0 spiro atoms. The molecular weight excluding hydrogens is 1890 g/mol. The van der Waals surface area contributed by atoms with E-state index in [0.717, 1.165) is 133 Å². The first-order chi connectivity index (χ1) is 63.5. The van der Waals surface area contributed by atoms with Gasteiger partial charge in [-0.1, -0.05) is 72.8 Å². The fourth-order valence-corrected chi connectivity index (χ4v) is 13.7. The van der Waals surface area contributed by atoms with E-state index in [9.17, 15) is 0 Å². The van der Waals surface area contributed by atoms with Crippen molar-refractivity contribution in [3.63, 3.8) is 0 Å². The van der Waals surface area contributed by atoms with E-state index in [1.165, 1.54) is 0 Å². The Kier molecular flexibility index (Phi) is 30.5. The zero-order chi connectivity index (χ0) is 90.2. The molecule has 21 aromatic rings. The summed E-state index contributed by atoms with van der Waals surface area (Å²) in [6, 6.07) is 81.5. The van der Waals surface area contributed by atoms with Crippen LogP contribution in [0.1, 0.15) is 0 Å². The summed E-state index contributed by atoms with van der Waals surface area (Å²) >= 11 is 0. The van der Waals surface area contributed by atoms with E-state index in [2.05, 4.69) is 157 Å². The molecule has 132 heavy (non-hydrogen) atoms. The Morgan fingerprint density at radius 2 is 0.220 bits per heavy atom. The van der Waals surface area contributed by atoms with E-state index in [1.807, 2.05) is 218 Å². The van der Waals surface area contributed by atoms with Crippen molar-refractivity contribution in [2.75, 3.05) is 0 Å². The first-order valence-corrected chi connectivity index (χ1v) is 38.3. The summed E-state index contributed by atoms with van der Waals surface area (Å²) in [4.78, 5) is 87.7. The number of fused-ring (bicyclic) bond motifs is 6. The zero-order valence-electron chi connectivity index (χ0n) is 68.0. The standard InChI is InChI=1S/3C30H18N8.2Cd.4NO3/c3*1-5-13-31-23(9-1)27-19-17-21-22(18-20(19)28(36-35-27)24-10-2-6-14-32-24)30(26-12-4-8-16-34-26)38-37-29(21)25-11-3-7-15-33-25;;;4*2-1(3)4/h3*1-18H;;;;;;/q;;;2*+2;4*-1. The van der Waals surface area contributed by atoms with Crippen molar-refractivity contribution in [2.45, 2.75) is 0 Å². The van der Waals surface area contributed by atoms with Crippen molar-refractivity contribution in [2.24, 2.45) is 0 Å². The number of rotatable bonds is 12. The molecule has 0 bridgehead atoms. The predicted octanol–water partition coefficient (Wildman–Crippen LogP) is 16.5. The van der Waals surface area contributed by atoms with Gasteiger partial charge in [-0.25, -0.2) is 0 Å². The van der Waals surface area contributed by atoms with E-state index < -0.39 is 20.3 Å². The van der Waals surface area contributed by atoms with Crippen molar-refractivity contribution in [1.82, 2.24) is 121 Å². The first-order valence-electron chi connectivity index (χ1n) is 38.3. The minimum atomic E-state index is -1.75. The largest absolute Gasteiger partial charge is 2.00 e. The van der Waals surface area contributed by atoms with Crippen LogP contribution < -0.4 is 0 Å². The van der Waals surface area contributed by atoms with Gasteiger partial charge in [0.25, 0.3) is 0 Å². The number of nitrogens with zero attached hydrogens (tertiary/aromatic N) is 28. The average Bonchev–Trinajstić information content (AvgIpc) is 0.745. The van der Waals surface area contributed by atoms with E-state index in [-0.39, 0.29) is 54.6 Å². The number of aromatic nitrogens is 24. The van der Waals surface area contributed by atoms with Crippen LogP contribution in [0.2, 0.25) is 0 Å². The maximum Gasteiger partial charge on any atom is 2.00 e. The van der Waals surface area contributed by atoms with Gasteiger partial charge in [-0.05, 0) is 182 Å². The molecule has 21 rings (SSSR count). The molecule has 0 saturated carbocycles. The SMILES string of the molecule is O=[N+]([O-])[O-].O=[N+]([O-])[O-].O=[N+]([O-])[O-].O=[N+]([O-])[O-].[Cd+2].[Cd+2].c1ccc(-c2nnc(-c3ccccn3)c3cc4c(-c5ccccn5)nnc(-c5ccccn5)c4cc23)nc1.c1ccc(-c2nnc(-c3ccccn3)c3cc4c(-c5ccccn5)nnc(-c5ccccn5)c4cc23)nc1.c1ccc(-c2nnc(-c3ccccn3)c3cc4c(-c5ccccn5)nnc(-c5ccccn5)c4cc23)nc1. The second kappa shape index (κ2) is 43.8. The minimum absolute atomic E-state index is 0. The molecule has 0 atom stereocenters. The van der Waals surface area contributed by atoms with Gasteiger partial charge in [0.2, 0.25) is 0 Å². The summed E-state index contributed by atoms with van der Waals surface area (Å²) < 4.78 is 0. The average molecular weight is 1940 g/mol. The van der Waals surface area contributed by atoms with Crippen LogP contribution in [-0.2, 0) is 54.6 Å². The van der Waals surface area contributed by atoms with Gasteiger partial charge in [0.1, 0.15) is 68.3 Å². The Bertz CT molecular complexity index is 6020. The number of benzene rings is 3. The van der Waals surface area contributed by atoms with E-state index in [4.69, 9.17) is 61.3 Å². The molecule has 40 nitrogen and oxygen atoms in total. The minimum Gasteiger partial charge on any atom is -0.356 e. The molecule has 18 aromatic heterocycles. The smallest absolute Gasteiger partial charge is 0.356 e. The molecule has 0 amide bonds. The Balaban J connectivity index is 0.000000154. The molecule has 0 aliphatic rings. The number of hydrogen-bond acceptors (Lipinski definition) is 36. The van der Waals surface area contributed by atoms with Gasteiger partial charge in [-0.2, -0.15) is 0 Å². The summed E-state index contributed by atoms with van der Waals surface area (Å²) in [6.07, 6.45) is 21.0. The second-order valence-corrected chi connectivity index (χ2v) is 26.7. The molecule has 3 aromatic carbocycles. The van der Waals surface area contributed by atoms with Crippen molar-refractivity contribution < 1.29 is 74.9 Å². The van der Waals surface area contributed by atoms with Crippen LogP contribution in [0.4, 0.5) is 0 Å². The molecule has 630 valence electrons. The molecule has 42 heteroatoms. The maximum absolute atomic E-state index is 8.25. The predicted molar refractivity (Wildman–Crippen MR) is 478 cm³/mol. The quantitative estimate of drug-likeness (QED) is 0.0474. The van der Waals surface area contributed by atoms with Gasteiger partial charge in [0.05, 0.1) is 88.7 Å². The summed E-state index contributed by atoms with van der Waals surface area (Å²) in [5, 5.41) is 125. The third-order valence-electron chi connectivity index (χ3n) is 18.9. The topological polar surface area (TPSA) is 574 Å². The van der Waals surface area contributed by atoms with Crippen LogP contribution >= 0.6 is 0 Å². The second-order valence-electron chi connectivity index (χ2n) is 26.7. The summed E-state index contributed by atoms with van der Waals surface area (Å²) in [5.41, 5.74) is 16.8. The van der Waals surface area contributed by atoms with Crippen LogP contribution in [0.25, 0.3) is 201 Å². The molecule has 0 N–H and O–H groups in total. The Morgan fingerprint density at radius 1 is 0.144 bits per heavy atom. The fourth-order valence-electron chi connectivity index (χ4n) is 13.7.